The highest BCUT2D eigenvalue weighted by Crippen LogP contribution is 2.28. The van der Waals surface area contributed by atoms with Gasteiger partial charge in [0.05, 0.1) is 11.3 Å². The number of nitrogens with one attached hydrogen (secondary N) is 2. The zero-order chi connectivity index (χ0) is 15.2. The second kappa shape index (κ2) is 7.02. The molecule has 7 heteroatoms. The number of rotatable bonds is 5. The predicted octanol–water partition coefficient (Wildman–Crippen LogP) is 3.09. The summed E-state index contributed by atoms with van der Waals surface area (Å²) in [5.74, 6) is 6.73. The quantitative estimate of drug-likeness (QED) is 0.568. The van der Waals surface area contributed by atoms with Crippen LogP contribution in [0.2, 0.25) is 0 Å². The molecule has 0 atom stereocenters. The Kier molecular flexibility index (Phi) is 5.09. The number of benzene rings is 1. The summed E-state index contributed by atoms with van der Waals surface area (Å²) >= 11 is 3.40. The molecule has 0 aliphatic heterocycles. The average molecular weight is 347 g/mol. The summed E-state index contributed by atoms with van der Waals surface area (Å²) in [6.45, 7) is 2.07. The van der Waals surface area contributed by atoms with Crippen molar-refractivity contribution in [1.29, 1.82) is 5.26 Å². The van der Waals surface area contributed by atoms with Crippen molar-refractivity contribution in [2.24, 2.45) is 5.84 Å². The number of nitrogen functional groups attached to an aromatic ring is 1. The van der Waals surface area contributed by atoms with Gasteiger partial charge in [0.15, 0.2) is 0 Å². The fourth-order valence-corrected chi connectivity index (χ4v) is 2.34. The molecule has 0 radical (unpaired) electrons. The molecule has 0 unspecified atom stereocenters. The second-order valence-corrected chi connectivity index (χ2v) is 5.29. The molecule has 0 saturated heterocycles. The number of hydrazine groups is 1. The third-order valence-corrected chi connectivity index (χ3v) is 3.43. The monoisotopic (exact) mass is 346 g/mol. The van der Waals surface area contributed by atoms with Crippen LogP contribution in [0.5, 0.6) is 0 Å². The minimum atomic E-state index is 0.543. The molecule has 2 rings (SSSR count). The van der Waals surface area contributed by atoms with Crippen molar-refractivity contribution < 1.29 is 0 Å². The first-order chi connectivity index (χ1) is 10.2. The first-order valence-electron chi connectivity index (χ1n) is 6.46. The van der Waals surface area contributed by atoms with Crippen LogP contribution in [0.15, 0.2) is 29.0 Å². The number of hydrogen-bond donors (Lipinski definition) is 3. The van der Waals surface area contributed by atoms with E-state index in [2.05, 4.69) is 49.6 Å². The summed E-state index contributed by atoms with van der Waals surface area (Å²) in [6, 6.07) is 7.56. The van der Waals surface area contributed by atoms with Crippen LogP contribution < -0.4 is 16.6 Å². The molecular formula is C14H15BrN6. The Labute approximate surface area is 131 Å². The van der Waals surface area contributed by atoms with E-state index >= 15 is 0 Å². The van der Waals surface area contributed by atoms with Gasteiger partial charge in [-0.2, -0.15) is 5.26 Å². The predicted molar refractivity (Wildman–Crippen MR) is 86.0 cm³/mol. The van der Waals surface area contributed by atoms with Crippen LogP contribution in [0, 0.1) is 11.3 Å². The minimum Gasteiger partial charge on any atom is -0.339 e. The highest BCUT2D eigenvalue weighted by molar-refractivity contribution is 9.10. The van der Waals surface area contributed by atoms with Gasteiger partial charge in [0.1, 0.15) is 24.0 Å². The van der Waals surface area contributed by atoms with Crippen LogP contribution in [-0.2, 0) is 6.42 Å². The number of nitrogens with two attached hydrogens (primary N) is 1. The van der Waals surface area contributed by atoms with Crippen molar-refractivity contribution >= 4 is 33.3 Å². The van der Waals surface area contributed by atoms with Gasteiger partial charge in [-0.05, 0) is 24.6 Å². The lowest BCUT2D eigenvalue weighted by Gasteiger charge is -2.14. The van der Waals surface area contributed by atoms with E-state index in [1.54, 1.807) is 6.07 Å². The van der Waals surface area contributed by atoms with Crippen LogP contribution in [-0.4, -0.2) is 9.97 Å². The minimum absolute atomic E-state index is 0.543. The first kappa shape index (κ1) is 15.2. The molecule has 0 spiro atoms. The van der Waals surface area contributed by atoms with E-state index in [0.717, 1.165) is 22.9 Å². The maximum absolute atomic E-state index is 9.19. The Morgan fingerprint density at radius 2 is 2.10 bits per heavy atom. The van der Waals surface area contributed by atoms with E-state index in [1.165, 1.54) is 6.33 Å². The Bertz CT molecular complexity index is 680. The van der Waals surface area contributed by atoms with Crippen LogP contribution in [0.4, 0.5) is 17.3 Å². The molecule has 1 heterocycles. The molecule has 1 aromatic carbocycles. The molecule has 0 saturated carbocycles. The molecule has 2 aromatic rings. The summed E-state index contributed by atoms with van der Waals surface area (Å²) in [5, 5.41) is 12.4. The van der Waals surface area contributed by atoms with Crippen LogP contribution in [0.25, 0.3) is 0 Å². The largest absolute Gasteiger partial charge is 0.339 e. The summed E-state index contributed by atoms with van der Waals surface area (Å²) in [6.07, 6.45) is 3.14. The summed E-state index contributed by atoms with van der Waals surface area (Å²) in [4.78, 5) is 8.38. The van der Waals surface area contributed by atoms with Gasteiger partial charge >= 0.3 is 0 Å². The SMILES string of the molecule is CCCc1c(NN)ncnc1Nc1cc(Br)ccc1C#N. The molecule has 21 heavy (non-hydrogen) atoms. The maximum Gasteiger partial charge on any atom is 0.148 e. The van der Waals surface area contributed by atoms with Crippen LogP contribution in [0.1, 0.15) is 24.5 Å². The van der Waals surface area contributed by atoms with Crippen molar-refractivity contribution in [2.45, 2.75) is 19.8 Å². The van der Waals surface area contributed by atoms with Crippen molar-refractivity contribution in [1.82, 2.24) is 9.97 Å². The zero-order valence-electron chi connectivity index (χ0n) is 11.5. The second-order valence-electron chi connectivity index (χ2n) is 4.37. The third-order valence-electron chi connectivity index (χ3n) is 2.94. The number of hydrogen-bond acceptors (Lipinski definition) is 6. The molecule has 4 N–H and O–H groups in total. The van der Waals surface area contributed by atoms with Gasteiger partial charge in [-0.3, -0.25) is 0 Å². The van der Waals surface area contributed by atoms with Gasteiger partial charge in [-0.25, -0.2) is 15.8 Å². The molecule has 6 nitrogen and oxygen atoms in total. The highest BCUT2D eigenvalue weighted by Gasteiger charge is 2.12. The molecule has 108 valence electrons. The lowest BCUT2D eigenvalue weighted by atomic mass is 10.1. The van der Waals surface area contributed by atoms with E-state index < -0.39 is 0 Å². The van der Waals surface area contributed by atoms with Crippen LogP contribution in [0.3, 0.4) is 0 Å². The topological polar surface area (TPSA) is 99.7 Å². The first-order valence-corrected chi connectivity index (χ1v) is 7.26. The number of anilines is 3. The summed E-state index contributed by atoms with van der Waals surface area (Å²) < 4.78 is 0.882. The molecule has 1 aromatic heterocycles. The fourth-order valence-electron chi connectivity index (χ4n) is 1.98. The van der Waals surface area contributed by atoms with Gasteiger partial charge in [-0.1, -0.05) is 29.3 Å². The lowest BCUT2D eigenvalue weighted by molar-refractivity contribution is 0.903. The van der Waals surface area contributed by atoms with Crippen LogP contribution >= 0.6 is 15.9 Å². The van der Waals surface area contributed by atoms with Gasteiger partial charge in [0, 0.05) is 10.0 Å². The van der Waals surface area contributed by atoms with Crippen molar-refractivity contribution in [2.75, 3.05) is 10.7 Å². The zero-order valence-corrected chi connectivity index (χ0v) is 13.1. The normalized spacial score (nSPS) is 10.0. The van der Waals surface area contributed by atoms with E-state index in [-0.39, 0.29) is 0 Å². The van der Waals surface area contributed by atoms with Gasteiger partial charge in [-0.15, -0.1) is 0 Å². The number of halogens is 1. The fraction of sp³-hybridized carbons (Fsp3) is 0.214. The maximum atomic E-state index is 9.19. The van der Waals surface area contributed by atoms with E-state index in [9.17, 15) is 5.26 Å². The smallest absolute Gasteiger partial charge is 0.148 e. The molecule has 0 amide bonds. The Balaban J connectivity index is 2.44. The Hall–Kier alpha value is -2.17. The molecule has 0 fully saturated rings. The Morgan fingerprint density at radius 3 is 2.76 bits per heavy atom. The highest BCUT2D eigenvalue weighted by atomic mass is 79.9. The van der Waals surface area contributed by atoms with Gasteiger partial charge in [0.25, 0.3) is 0 Å². The van der Waals surface area contributed by atoms with Crippen molar-refractivity contribution in [3.8, 4) is 6.07 Å². The lowest BCUT2D eigenvalue weighted by Crippen LogP contribution is -2.13. The number of nitriles is 1. The van der Waals surface area contributed by atoms with Gasteiger partial charge < -0.3 is 10.7 Å². The number of nitrogens with zero attached hydrogens (tertiary/aromatic N) is 3. The standard InChI is InChI=1S/C14H15BrN6/c1-2-3-11-13(18-8-19-14(11)21-17)20-12-6-10(15)5-4-9(12)7-16/h4-6,8H,2-3,17H2,1H3,(H2,18,19,20,21). The van der Waals surface area contributed by atoms with E-state index in [1.807, 2.05) is 12.1 Å². The molecule has 0 aliphatic carbocycles. The van der Waals surface area contributed by atoms with Crippen molar-refractivity contribution in [3.05, 3.63) is 40.1 Å². The average Bonchev–Trinajstić information content (AvgIpc) is 2.49. The molecule has 0 aliphatic rings. The van der Waals surface area contributed by atoms with E-state index in [0.29, 0.717) is 22.9 Å². The Morgan fingerprint density at radius 1 is 1.33 bits per heavy atom. The molecular weight excluding hydrogens is 332 g/mol. The molecule has 0 bridgehead atoms. The van der Waals surface area contributed by atoms with E-state index in [4.69, 9.17) is 5.84 Å². The summed E-state index contributed by atoms with van der Waals surface area (Å²) in [7, 11) is 0. The van der Waals surface area contributed by atoms with Gasteiger partial charge in [0.2, 0.25) is 0 Å². The number of aromatic nitrogens is 2. The van der Waals surface area contributed by atoms with Crippen molar-refractivity contribution in [3.63, 3.8) is 0 Å². The summed E-state index contributed by atoms with van der Waals surface area (Å²) in [5.41, 5.74) is 4.71. The third kappa shape index (κ3) is 3.48.